The topological polar surface area (TPSA) is 119 Å². The Morgan fingerprint density at radius 1 is 1.57 bits per heavy atom. The maximum Gasteiger partial charge on any atom is 0.300 e. The molecular formula is C12H17IN6O2. The molecule has 0 spiro atoms. The average molecular weight is 404 g/mol. The molecule has 0 aromatic carbocycles. The van der Waals surface area contributed by atoms with Crippen LogP contribution in [0.2, 0.25) is 0 Å². The van der Waals surface area contributed by atoms with E-state index >= 15 is 0 Å². The van der Waals surface area contributed by atoms with E-state index in [1.807, 2.05) is 4.68 Å². The molecule has 1 fully saturated rings. The molecule has 3 heterocycles. The van der Waals surface area contributed by atoms with Gasteiger partial charge in [0.2, 0.25) is 0 Å². The predicted octanol–water partition coefficient (Wildman–Crippen LogP) is 1.03. The summed E-state index contributed by atoms with van der Waals surface area (Å²) in [5.74, 6) is -0.325. The Morgan fingerprint density at radius 3 is 2.90 bits per heavy atom. The van der Waals surface area contributed by atoms with E-state index in [1.54, 1.807) is 0 Å². The first-order valence-corrected chi connectivity index (χ1v) is 7.63. The van der Waals surface area contributed by atoms with Crippen LogP contribution in [0.1, 0.15) is 25.8 Å². The van der Waals surface area contributed by atoms with Crippen LogP contribution in [0.5, 0.6) is 0 Å². The lowest BCUT2D eigenvalue weighted by Gasteiger charge is -2.23. The number of fused-ring (bicyclic) bond motifs is 1. The monoisotopic (exact) mass is 404 g/mol. The zero-order valence-corrected chi connectivity index (χ0v) is 13.7. The van der Waals surface area contributed by atoms with Crippen molar-refractivity contribution >= 4 is 45.4 Å². The molecule has 8 nitrogen and oxygen atoms in total. The fourth-order valence-corrected chi connectivity index (χ4v) is 3.00. The third kappa shape index (κ3) is 3.79. The van der Waals surface area contributed by atoms with Gasteiger partial charge in [-0.25, -0.2) is 14.6 Å². The standard InChI is InChI=1S/C10H13IN6.C2H4O2/c11-8-7-9(12)14-5-15-10(7)17(16-8)6-2-1-3-13-4-6;1-2(3)4/h5-6,13H,1-4H2,(H2,12,14,15);1H3,(H,3,4). The van der Waals surface area contributed by atoms with Crippen molar-refractivity contribution in [1.82, 2.24) is 25.1 Å². The van der Waals surface area contributed by atoms with Crippen LogP contribution in [0.4, 0.5) is 5.82 Å². The molecule has 1 unspecified atom stereocenters. The van der Waals surface area contributed by atoms with Crippen molar-refractivity contribution in [3.05, 3.63) is 10.0 Å². The van der Waals surface area contributed by atoms with Crippen molar-refractivity contribution in [2.45, 2.75) is 25.8 Å². The largest absolute Gasteiger partial charge is 0.481 e. The molecule has 1 atom stereocenters. The van der Waals surface area contributed by atoms with Gasteiger partial charge in [-0.1, -0.05) is 0 Å². The number of carboxylic acids is 1. The lowest BCUT2D eigenvalue weighted by molar-refractivity contribution is -0.134. The molecule has 0 bridgehead atoms. The van der Waals surface area contributed by atoms with E-state index in [0.717, 1.165) is 41.2 Å². The number of carbonyl (C=O) groups is 1. The van der Waals surface area contributed by atoms with E-state index in [2.05, 4.69) is 43.0 Å². The first-order chi connectivity index (χ1) is 10.0. The second-order valence-electron chi connectivity index (χ2n) is 4.71. The molecule has 2 aromatic heterocycles. The van der Waals surface area contributed by atoms with Gasteiger partial charge in [-0.3, -0.25) is 4.79 Å². The number of aliphatic carboxylic acids is 1. The molecule has 3 rings (SSSR count). The summed E-state index contributed by atoms with van der Waals surface area (Å²) < 4.78 is 2.86. The Kier molecular flexibility index (Phi) is 5.28. The quantitative estimate of drug-likeness (QED) is 0.608. The molecule has 21 heavy (non-hydrogen) atoms. The molecule has 1 aliphatic rings. The highest BCUT2D eigenvalue weighted by Gasteiger charge is 2.21. The van der Waals surface area contributed by atoms with Gasteiger partial charge in [0.05, 0.1) is 11.4 Å². The lowest BCUT2D eigenvalue weighted by atomic mass is 10.1. The minimum atomic E-state index is -0.833. The maximum atomic E-state index is 9.00. The predicted molar refractivity (Wildman–Crippen MR) is 86.9 cm³/mol. The van der Waals surface area contributed by atoms with Crippen LogP contribution < -0.4 is 11.1 Å². The zero-order chi connectivity index (χ0) is 15.4. The van der Waals surface area contributed by atoms with Gasteiger partial charge in [-0.05, 0) is 42.0 Å². The van der Waals surface area contributed by atoms with Crippen molar-refractivity contribution in [1.29, 1.82) is 0 Å². The molecular weight excluding hydrogens is 387 g/mol. The van der Waals surface area contributed by atoms with E-state index in [9.17, 15) is 0 Å². The van der Waals surface area contributed by atoms with Crippen molar-refractivity contribution < 1.29 is 9.90 Å². The van der Waals surface area contributed by atoms with Gasteiger partial charge in [0.25, 0.3) is 5.97 Å². The lowest BCUT2D eigenvalue weighted by Crippen LogP contribution is -2.32. The molecule has 0 saturated carbocycles. The van der Waals surface area contributed by atoms with Gasteiger partial charge in [-0.15, -0.1) is 0 Å². The zero-order valence-electron chi connectivity index (χ0n) is 11.6. The third-order valence-electron chi connectivity index (χ3n) is 3.09. The number of aromatic nitrogens is 4. The first kappa shape index (κ1) is 15.9. The number of hydrogen-bond acceptors (Lipinski definition) is 6. The van der Waals surface area contributed by atoms with Crippen molar-refractivity contribution in [2.75, 3.05) is 18.8 Å². The summed E-state index contributed by atoms with van der Waals surface area (Å²) in [7, 11) is 0. The number of rotatable bonds is 1. The molecule has 4 N–H and O–H groups in total. The van der Waals surface area contributed by atoms with E-state index < -0.39 is 5.97 Å². The second-order valence-corrected chi connectivity index (χ2v) is 5.73. The van der Waals surface area contributed by atoms with Crippen LogP contribution in [-0.2, 0) is 4.79 Å². The molecule has 114 valence electrons. The minimum Gasteiger partial charge on any atom is -0.481 e. The molecule has 0 amide bonds. The number of nitrogens with two attached hydrogens (primary N) is 1. The molecule has 0 radical (unpaired) electrons. The van der Waals surface area contributed by atoms with E-state index in [1.165, 1.54) is 12.7 Å². The van der Waals surface area contributed by atoms with Gasteiger partial charge in [0.1, 0.15) is 15.8 Å². The highest BCUT2D eigenvalue weighted by Crippen LogP contribution is 2.27. The van der Waals surface area contributed by atoms with Crippen LogP contribution in [0.3, 0.4) is 0 Å². The van der Waals surface area contributed by atoms with Gasteiger partial charge in [0, 0.05) is 13.5 Å². The summed E-state index contributed by atoms with van der Waals surface area (Å²) in [6.45, 7) is 3.11. The highest BCUT2D eigenvalue weighted by atomic mass is 127. The van der Waals surface area contributed by atoms with Crippen molar-refractivity contribution in [3.8, 4) is 0 Å². The van der Waals surface area contributed by atoms with E-state index in [4.69, 9.17) is 15.6 Å². The highest BCUT2D eigenvalue weighted by molar-refractivity contribution is 14.1. The van der Waals surface area contributed by atoms with Crippen LogP contribution in [-0.4, -0.2) is 43.9 Å². The molecule has 1 saturated heterocycles. The second kappa shape index (κ2) is 6.98. The van der Waals surface area contributed by atoms with Crippen molar-refractivity contribution in [2.24, 2.45) is 0 Å². The summed E-state index contributed by atoms with van der Waals surface area (Å²) >= 11 is 2.19. The third-order valence-corrected chi connectivity index (χ3v) is 3.85. The summed E-state index contributed by atoms with van der Waals surface area (Å²) in [6.07, 6.45) is 3.80. The first-order valence-electron chi connectivity index (χ1n) is 6.55. The maximum absolute atomic E-state index is 9.00. The number of halogens is 1. The Hall–Kier alpha value is -1.49. The smallest absolute Gasteiger partial charge is 0.300 e. The summed E-state index contributed by atoms with van der Waals surface area (Å²) in [5.41, 5.74) is 6.72. The van der Waals surface area contributed by atoms with Crippen molar-refractivity contribution in [3.63, 3.8) is 0 Å². The van der Waals surface area contributed by atoms with Gasteiger partial charge in [0.15, 0.2) is 5.65 Å². The Balaban J connectivity index is 0.000000361. The molecule has 1 aliphatic heterocycles. The fourth-order valence-electron chi connectivity index (χ4n) is 2.25. The number of anilines is 1. The molecule has 9 heteroatoms. The summed E-state index contributed by atoms with van der Waals surface area (Å²) in [4.78, 5) is 17.3. The van der Waals surface area contributed by atoms with Crippen LogP contribution >= 0.6 is 22.6 Å². The number of nitrogens with zero attached hydrogens (tertiary/aromatic N) is 4. The molecule has 2 aromatic rings. The summed E-state index contributed by atoms with van der Waals surface area (Å²) in [6, 6.07) is 0.365. The number of hydrogen-bond donors (Lipinski definition) is 3. The number of piperidine rings is 1. The van der Waals surface area contributed by atoms with Crippen LogP contribution in [0.25, 0.3) is 11.0 Å². The number of nitrogen functional groups attached to an aromatic ring is 1. The molecule has 0 aliphatic carbocycles. The van der Waals surface area contributed by atoms with Crippen LogP contribution in [0.15, 0.2) is 6.33 Å². The van der Waals surface area contributed by atoms with Gasteiger partial charge < -0.3 is 16.2 Å². The fraction of sp³-hybridized carbons (Fsp3) is 0.500. The Labute approximate surface area is 135 Å². The summed E-state index contributed by atoms with van der Waals surface area (Å²) in [5, 5.41) is 16.2. The SMILES string of the molecule is CC(=O)O.Nc1ncnc2c1c(I)nn2C1CCCNC1. The average Bonchev–Trinajstić information content (AvgIpc) is 2.78. The Bertz CT molecular complexity index is 634. The van der Waals surface area contributed by atoms with Gasteiger partial charge >= 0.3 is 0 Å². The number of nitrogens with one attached hydrogen (secondary N) is 1. The number of carboxylic acid groups (broad SMARTS) is 1. The van der Waals surface area contributed by atoms with Gasteiger partial charge in [-0.2, -0.15) is 5.10 Å². The van der Waals surface area contributed by atoms with Crippen LogP contribution in [0, 0.1) is 3.70 Å². The van der Waals surface area contributed by atoms with E-state index in [-0.39, 0.29) is 0 Å². The minimum absolute atomic E-state index is 0.365. The normalized spacial score (nSPS) is 18.1. The van der Waals surface area contributed by atoms with E-state index in [0.29, 0.717) is 11.9 Å². The Morgan fingerprint density at radius 2 is 2.29 bits per heavy atom.